The van der Waals surface area contributed by atoms with E-state index in [1.54, 1.807) is 16.4 Å². The predicted octanol–water partition coefficient (Wildman–Crippen LogP) is 4.06. The molecule has 1 aromatic carbocycles. The number of hydrogen-bond acceptors (Lipinski definition) is 2. The van der Waals surface area contributed by atoms with Crippen molar-refractivity contribution in [1.82, 2.24) is 4.31 Å². The maximum absolute atomic E-state index is 13.1. The van der Waals surface area contributed by atoms with Crippen molar-refractivity contribution in [2.24, 2.45) is 10.8 Å². The number of benzene rings is 1. The van der Waals surface area contributed by atoms with Crippen LogP contribution in [0.4, 0.5) is 0 Å². The molecule has 1 saturated carbocycles. The van der Waals surface area contributed by atoms with Gasteiger partial charge in [0.1, 0.15) is 0 Å². The molecule has 2 atom stereocenters. The molecule has 0 aromatic heterocycles. The third-order valence-electron chi connectivity index (χ3n) is 5.28. The van der Waals surface area contributed by atoms with E-state index in [1.165, 1.54) is 0 Å². The Labute approximate surface area is 145 Å². The first kappa shape index (κ1) is 17.2. The smallest absolute Gasteiger partial charge is 0.207 e. The van der Waals surface area contributed by atoms with Crippen molar-refractivity contribution in [3.05, 3.63) is 29.8 Å². The van der Waals surface area contributed by atoms with E-state index in [4.69, 9.17) is 11.6 Å². The maximum atomic E-state index is 13.1. The van der Waals surface area contributed by atoms with Crippen LogP contribution >= 0.6 is 11.6 Å². The number of sulfonamides is 1. The highest BCUT2D eigenvalue weighted by Crippen LogP contribution is 2.53. The average Bonchev–Trinajstić information content (AvgIpc) is 2.69. The first-order valence-electron chi connectivity index (χ1n) is 8.32. The molecular formula is C18H26ClNO2S. The molecule has 1 aliphatic heterocycles. The highest BCUT2D eigenvalue weighted by atomic mass is 35.5. The summed E-state index contributed by atoms with van der Waals surface area (Å²) in [6.07, 6.45) is 3.80. The van der Waals surface area contributed by atoms with Gasteiger partial charge in [-0.3, -0.25) is 0 Å². The van der Waals surface area contributed by atoms with E-state index in [2.05, 4.69) is 20.8 Å². The summed E-state index contributed by atoms with van der Waals surface area (Å²) in [5.74, 6) is 0.549. The van der Waals surface area contributed by atoms with Crippen LogP contribution < -0.4 is 0 Å². The molecule has 3 nitrogen and oxygen atoms in total. The summed E-state index contributed by atoms with van der Waals surface area (Å²) in [4.78, 5) is 0.407. The summed E-state index contributed by atoms with van der Waals surface area (Å²) in [5, 5.41) is 0. The molecule has 0 amide bonds. The first-order valence-corrected chi connectivity index (χ1v) is 10.3. The van der Waals surface area contributed by atoms with Crippen LogP contribution in [0.15, 0.2) is 29.2 Å². The van der Waals surface area contributed by atoms with E-state index in [1.807, 2.05) is 12.1 Å². The quantitative estimate of drug-likeness (QED) is 0.764. The van der Waals surface area contributed by atoms with Crippen LogP contribution in [0, 0.1) is 10.8 Å². The molecule has 23 heavy (non-hydrogen) atoms. The highest BCUT2D eigenvalue weighted by Gasteiger charge is 2.53. The van der Waals surface area contributed by atoms with Crippen LogP contribution in [0.1, 0.15) is 45.6 Å². The Hall–Kier alpha value is -0.580. The zero-order chi connectivity index (χ0) is 16.9. The van der Waals surface area contributed by atoms with Crippen molar-refractivity contribution >= 4 is 21.6 Å². The van der Waals surface area contributed by atoms with E-state index < -0.39 is 10.0 Å². The van der Waals surface area contributed by atoms with Gasteiger partial charge < -0.3 is 0 Å². The third kappa shape index (κ3) is 3.31. The van der Waals surface area contributed by atoms with Gasteiger partial charge in [-0.15, -0.1) is 11.6 Å². The molecule has 3 rings (SSSR count). The minimum atomic E-state index is -3.41. The molecule has 2 unspecified atom stereocenters. The number of alkyl halides is 1. The van der Waals surface area contributed by atoms with Crippen LogP contribution in [0.5, 0.6) is 0 Å². The zero-order valence-electron chi connectivity index (χ0n) is 14.2. The van der Waals surface area contributed by atoms with Gasteiger partial charge in [-0.1, -0.05) is 32.9 Å². The summed E-state index contributed by atoms with van der Waals surface area (Å²) in [6, 6.07) is 7.35. The van der Waals surface area contributed by atoms with Gasteiger partial charge in [0.05, 0.1) is 4.90 Å². The lowest BCUT2D eigenvalue weighted by atomic mass is 9.65. The molecule has 0 spiro atoms. The Kier molecular flexibility index (Phi) is 4.31. The Morgan fingerprint density at radius 2 is 1.83 bits per heavy atom. The monoisotopic (exact) mass is 355 g/mol. The van der Waals surface area contributed by atoms with Crippen LogP contribution in [0.2, 0.25) is 0 Å². The molecule has 0 radical (unpaired) electrons. The van der Waals surface area contributed by atoms with Crippen LogP contribution in [-0.2, 0) is 16.4 Å². The van der Waals surface area contributed by atoms with E-state index >= 15 is 0 Å². The topological polar surface area (TPSA) is 37.4 Å². The van der Waals surface area contributed by atoms with Gasteiger partial charge >= 0.3 is 0 Å². The molecule has 5 heteroatoms. The van der Waals surface area contributed by atoms with Gasteiger partial charge in [-0.25, -0.2) is 8.42 Å². The van der Waals surface area contributed by atoms with Crippen molar-refractivity contribution in [3.8, 4) is 0 Å². The molecular weight excluding hydrogens is 330 g/mol. The number of halogens is 1. The second-order valence-corrected chi connectivity index (χ2v) is 10.6. The Morgan fingerprint density at radius 3 is 2.43 bits per heavy atom. The van der Waals surface area contributed by atoms with Gasteiger partial charge in [-0.05, 0) is 54.2 Å². The molecule has 128 valence electrons. The number of hydrogen-bond donors (Lipinski definition) is 0. The van der Waals surface area contributed by atoms with Crippen molar-refractivity contribution in [1.29, 1.82) is 0 Å². The Morgan fingerprint density at radius 1 is 1.17 bits per heavy atom. The Bertz CT molecular complexity index is 683. The second-order valence-electron chi connectivity index (χ2n) is 8.35. The van der Waals surface area contributed by atoms with Gasteiger partial charge in [0.25, 0.3) is 0 Å². The van der Waals surface area contributed by atoms with Gasteiger partial charge in [0.15, 0.2) is 0 Å². The normalized spacial score (nSPS) is 30.5. The van der Waals surface area contributed by atoms with E-state index in [9.17, 15) is 8.42 Å². The van der Waals surface area contributed by atoms with Crippen LogP contribution in [0.3, 0.4) is 0 Å². The number of rotatable bonds is 4. The van der Waals surface area contributed by atoms with Crippen molar-refractivity contribution in [3.63, 3.8) is 0 Å². The first-order chi connectivity index (χ1) is 10.7. The summed E-state index contributed by atoms with van der Waals surface area (Å²) < 4.78 is 28.0. The predicted molar refractivity (Wildman–Crippen MR) is 94.3 cm³/mol. The molecule has 2 aliphatic rings. The van der Waals surface area contributed by atoms with Crippen molar-refractivity contribution in [2.75, 3.05) is 12.4 Å². The van der Waals surface area contributed by atoms with Crippen molar-refractivity contribution in [2.45, 2.75) is 57.4 Å². The molecule has 1 heterocycles. The molecule has 2 fully saturated rings. The summed E-state index contributed by atoms with van der Waals surface area (Å²) in [7, 11) is -3.41. The fourth-order valence-corrected chi connectivity index (χ4v) is 6.75. The zero-order valence-corrected chi connectivity index (χ0v) is 15.8. The number of aryl methyl sites for hydroxylation is 1. The molecule has 1 saturated heterocycles. The summed E-state index contributed by atoms with van der Waals surface area (Å²) in [5.41, 5.74) is 1.40. The highest BCUT2D eigenvalue weighted by molar-refractivity contribution is 7.89. The minimum absolute atomic E-state index is 0.109. The lowest BCUT2D eigenvalue weighted by Crippen LogP contribution is -2.37. The number of fused-ring (bicyclic) bond motifs is 2. The summed E-state index contributed by atoms with van der Waals surface area (Å²) in [6.45, 7) is 7.40. The second kappa shape index (κ2) is 5.75. The fourth-order valence-electron chi connectivity index (χ4n) is 4.76. The van der Waals surface area contributed by atoms with E-state index in [0.29, 0.717) is 17.3 Å². The molecule has 1 aromatic rings. The Balaban J connectivity index is 1.88. The summed E-state index contributed by atoms with van der Waals surface area (Å²) >= 11 is 5.75. The van der Waals surface area contributed by atoms with E-state index in [-0.39, 0.29) is 16.9 Å². The van der Waals surface area contributed by atoms with Crippen molar-refractivity contribution < 1.29 is 8.42 Å². The van der Waals surface area contributed by atoms with Gasteiger partial charge in [0.2, 0.25) is 10.0 Å². The maximum Gasteiger partial charge on any atom is 0.243 e. The molecule has 1 aliphatic carbocycles. The average molecular weight is 356 g/mol. The SMILES string of the molecule is CC1(C)CC2CC(C)(CN2S(=O)(=O)c2ccc(CCCl)cc2)C1. The lowest BCUT2D eigenvalue weighted by molar-refractivity contribution is 0.133. The molecule has 2 bridgehead atoms. The van der Waals surface area contributed by atoms with Crippen LogP contribution in [-0.4, -0.2) is 31.2 Å². The van der Waals surface area contributed by atoms with Crippen LogP contribution in [0.25, 0.3) is 0 Å². The van der Waals surface area contributed by atoms with E-state index in [0.717, 1.165) is 31.2 Å². The fraction of sp³-hybridized carbons (Fsp3) is 0.667. The largest absolute Gasteiger partial charge is 0.243 e. The number of nitrogens with zero attached hydrogens (tertiary/aromatic N) is 1. The third-order valence-corrected chi connectivity index (χ3v) is 7.38. The minimum Gasteiger partial charge on any atom is -0.207 e. The van der Waals surface area contributed by atoms with Gasteiger partial charge in [-0.2, -0.15) is 4.31 Å². The van der Waals surface area contributed by atoms with Gasteiger partial charge in [0, 0.05) is 18.5 Å². The lowest BCUT2D eigenvalue weighted by Gasteiger charge is -2.39. The molecule has 0 N–H and O–H groups in total. The standard InChI is InChI=1S/C18H26ClNO2S/c1-17(2)10-15-11-18(3,12-17)13-20(15)23(21,22)16-6-4-14(5-7-16)8-9-19/h4-7,15H,8-13H2,1-3H3.